The van der Waals surface area contributed by atoms with Crippen molar-refractivity contribution in [1.29, 1.82) is 0 Å². The van der Waals surface area contributed by atoms with E-state index in [-0.39, 0.29) is 5.41 Å². The van der Waals surface area contributed by atoms with Crippen LogP contribution in [0.15, 0.2) is 36.0 Å². The third-order valence-corrected chi connectivity index (χ3v) is 7.90. The SMILES string of the molecule is CC[C@H]1CC[C@H]2[C@@H]3C=CC4=CC(O)C=C[C@]4(C)[C@H]3CC[C@]12C. The molecule has 0 aromatic carbocycles. The number of rotatable bonds is 1. The Morgan fingerprint density at radius 1 is 1.14 bits per heavy atom. The van der Waals surface area contributed by atoms with Crippen LogP contribution < -0.4 is 0 Å². The molecule has 7 atom stereocenters. The van der Waals surface area contributed by atoms with E-state index < -0.39 is 6.10 Å². The van der Waals surface area contributed by atoms with Crippen molar-refractivity contribution in [3.8, 4) is 0 Å². The van der Waals surface area contributed by atoms with Crippen LogP contribution in [-0.4, -0.2) is 11.2 Å². The standard InChI is InChI=1S/C21H30O/c1-4-14-6-8-18-17-7-5-15-13-16(22)9-11-21(15,3)19(17)10-12-20(14,18)2/h5,7,9,11,13-14,16-19,22H,4,6,8,10,12H2,1-3H3/t14-,16?,17-,18-,19-,20+,21-/m0/s1. The Morgan fingerprint density at radius 2 is 1.95 bits per heavy atom. The topological polar surface area (TPSA) is 20.2 Å². The Bertz CT molecular complexity index is 556. The minimum Gasteiger partial charge on any atom is -0.385 e. The summed E-state index contributed by atoms with van der Waals surface area (Å²) >= 11 is 0. The lowest BCUT2D eigenvalue weighted by Gasteiger charge is -2.55. The molecule has 0 amide bonds. The van der Waals surface area contributed by atoms with E-state index >= 15 is 0 Å². The van der Waals surface area contributed by atoms with Crippen LogP contribution in [0.4, 0.5) is 0 Å². The summed E-state index contributed by atoms with van der Waals surface area (Å²) in [5.74, 6) is 3.25. The lowest BCUT2D eigenvalue weighted by molar-refractivity contribution is 0.000435. The minimum atomic E-state index is -0.394. The van der Waals surface area contributed by atoms with Gasteiger partial charge in [-0.2, -0.15) is 0 Å². The van der Waals surface area contributed by atoms with Crippen LogP contribution in [0, 0.1) is 34.5 Å². The van der Waals surface area contributed by atoms with Gasteiger partial charge in [0.2, 0.25) is 0 Å². The van der Waals surface area contributed by atoms with Crippen LogP contribution in [0.25, 0.3) is 0 Å². The fraction of sp³-hybridized carbons (Fsp3) is 0.714. The summed E-state index contributed by atoms with van der Waals surface area (Å²) in [5.41, 5.74) is 2.05. The molecule has 0 radical (unpaired) electrons. The second-order valence-corrected chi connectivity index (χ2v) is 8.63. The first-order chi connectivity index (χ1) is 10.5. The molecule has 4 rings (SSSR count). The van der Waals surface area contributed by atoms with E-state index in [1.807, 2.05) is 6.08 Å². The summed E-state index contributed by atoms with van der Waals surface area (Å²) in [6.45, 7) is 7.36. The molecule has 22 heavy (non-hydrogen) atoms. The van der Waals surface area contributed by atoms with Gasteiger partial charge >= 0.3 is 0 Å². The smallest absolute Gasteiger partial charge is 0.0908 e. The van der Waals surface area contributed by atoms with E-state index in [0.717, 1.165) is 23.7 Å². The van der Waals surface area contributed by atoms with Crippen molar-refractivity contribution in [2.45, 2.75) is 59.0 Å². The molecule has 2 saturated carbocycles. The third kappa shape index (κ3) is 1.81. The summed E-state index contributed by atoms with van der Waals surface area (Å²) in [6, 6.07) is 0. The highest BCUT2D eigenvalue weighted by Crippen LogP contribution is 2.64. The molecule has 120 valence electrons. The number of hydrogen-bond donors (Lipinski definition) is 1. The van der Waals surface area contributed by atoms with Gasteiger partial charge in [0.05, 0.1) is 6.10 Å². The maximum Gasteiger partial charge on any atom is 0.0908 e. The van der Waals surface area contributed by atoms with E-state index in [4.69, 9.17) is 0 Å². The lowest BCUT2D eigenvalue weighted by atomic mass is 9.49. The molecule has 2 fully saturated rings. The highest BCUT2D eigenvalue weighted by molar-refractivity contribution is 5.42. The maximum atomic E-state index is 9.92. The van der Waals surface area contributed by atoms with E-state index in [1.165, 1.54) is 37.7 Å². The first kappa shape index (κ1) is 14.8. The average molecular weight is 298 g/mol. The number of fused-ring (bicyclic) bond motifs is 5. The molecule has 0 bridgehead atoms. The Balaban J connectivity index is 1.72. The van der Waals surface area contributed by atoms with Crippen LogP contribution in [-0.2, 0) is 0 Å². The molecule has 1 nitrogen and oxygen atoms in total. The van der Waals surface area contributed by atoms with Gasteiger partial charge in [0.25, 0.3) is 0 Å². The molecular formula is C21H30O. The van der Waals surface area contributed by atoms with Crippen LogP contribution in [0.1, 0.15) is 52.9 Å². The van der Waals surface area contributed by atoms with Gasteiger partial charge in [0.1, 0.15) is 0 Å². The molecular weight excluding hydrogens is 268 g/mol. The normalized spacial score (nSPS) is 52.7. The molecule has 4 aliphatic carbocycles. The first-order valence-corrected chi connectivity index (χ1v) is 9.27. The lowest BCUT2D eigenvalue weighted by Crippen LogP contribution is -2.48. The van der Waals surface area contributed by atoms with Gasteiger partial charge in [-0.3, -0.25) is 0 Å². The van der Waals surface area contributed by atoms with Crippen LogP contribution >= 0.6 is 0 Å². The van der Waals surface area contributed by atoms with Gasteiger partial charge in [0, 0.05) is 5.41 Å². The third-order valence-electron chi connectivity index (χ3n) is 7.90. The van der Waals surface area contributed by atoms with Crippen LogP contribution in [0.2, 0.25) is 0 Å². The summed E-state index contributed by atoms with van der Waals surface area (Å²) < 4.78 is 0. The second-order valence-electron chi connectivity index (χ2n) is 8.63. The second kappa shape index (κ2) is 4.84. The molecule has 0 aromatic rings. The average Bonchev–Trinajstić information content (AvgIpc) is 2.84. The quantitative estimate of drug-likeness (QED) is 0.683. The van der Waals surface area contributed by atoms with Gasteiger partial charge in [0.15, 0.2) is 0 Å². The Morgan fingerprint density at radius 3 is 2.73 bits per heavy atom. The molecule has 4 aliphatic rings. The monoisotopic (exact) mass is 298 g/mol. The maximum absolute atomic E-state index is 9.92. The highest BCUT2D eigenvalue weighted by atomic mass is 16.3. The van der Waals surface area contributed by atoms with E-state index in [0.29, 0.717) is 5.41 Å². The van der Waals surface area contributed by atoms with Crippen molar-refractivity contribution in [1.82, 2.24) is 0 Å². The minimum absolute atomic E-state index is 0.143. The number of aliphatic hydroxyl groups is 1. The van der Waals surface area contributed by atoms with Gasteiger partial charge in [-0.15, -0.1) is 0 Å². The zero-order chi connectivity index (χ0) is 15.5. The largest absolute Gasteiger partial charge is 0.385 e. The van der Waals surface area contributed by atoms with Crippen molar-refractivity contribution in [3.05, 3.63) is 36.0 Å². The number of aliphatic hydroxyl groups excluding tert-OH is 1. The van der Waals surface area contributed by atoms with Gasteiger partial charge in [-0.05, 0) is 66.4 Å². The van der Waals surface area contributed by atoms with Crippen LogP contribution in [0.3, 0.4) is 0 Å². The van der Waals surface area contributed by atoms with Crippen molar-refractivity contribution in [2.24, 2.45) is 34.5 Å². The van der Waals surface area contributed by atoms with Crippen molar-refractivity contribution >= 4 is 0 Å². The Labute approximate surface area is 135 Å². The van der Waals surface area contributed by atoms with Crippen LogP contribution in [0.5, 0.6) is 0 Å². The summed E-state index contributed by atoms with van der Waals surface area (Å²) in [4.78, 5) is 0. The molecule has 0 saturated heterocycles. The zero-order valence-electron chi connectivity index (χ0n) is 14.3. The predicted molar refractivity (Wildman–Crippen MR) is 91.3 cm³/mol. The Hall–Kier alpha value is -0.820. The molecule has 0 aliphatic heterocycles. The van der Waals surface area contributed by atoms with E-state index in [2.05, 4.69) is 45.1 Å². The van der Waals surface area contributed by atoms with Crippen molar-refractivity contribution in [2.75, 3.05) is 0 Å². The molecule has 1 unspecified atom stereocenters. The van der Waals surface area contributed by atoms with Gasteiger partial charge in [-0.1, -0.05) is 51.5 Å². The molecule has 1 N–H and O–H groups in total. The summed E-state index contributed by atoms with van der Waals surface area (Å²) in [7, 11) is 0. The van der Waals surface area contributed by atoms with Gasteiger partial charge < -0.3 is 5.11 Å². The highest BCUT2D eigenvalue weighted by Gasteiger charge is 2.56. The zero-order valence-corrected chi connectivity index (χ0v) is 14.3. The predicted octanol–water partition coefficient (Wildman–Crippen LogP) is 4.89. The van der Waals surface area contributed by atoms with E-state index in [9.17, 15) is 5.11 Å². The van der Waals surface area contributed by atoms with Crippen molar-refractivity contribution in [3.63, 3.8) is 0 Å². The molecule has 0 spiro atoms. The molecule has 0 heterocycles. The summed E-state index contributed by atoms with van der Waals surface area (Å²) in [5, 5.41) is 9.92. The molecule has 0 aromatic heterocycles. The summed E-state index contributed by atoms with van der Waals surface area (Å²) in [6.07, 6.45) is 17.7. The number of allylic oxidation sites excluding steroid dienone is 4. The van der Waals surface area contributed by atoms with Crippen molar-refractivity contribution < 1.29 is 5.11 Å². The Kier molecular flexibility index (Phi) is 3.24. The number of hydrogen-bond acceptors (Lipinski definition) is 1. The first-order valence-electron chi connectivity index (χ1n) is 9.27. The molecule has 1 heteroatoms. The van der Waals surface area contributed by atoms with E-state index in [1.54, 1.807) is 0 Å². The fourth-order valence-electron chi connectivity index (χ4n) is 6.54. The fourth-order valence-corrected chi connectivity index (χ4v) is 6.54. The van der Waals surface area contributed by atoms with Gasteiger partial charge in [-0.25, -0.2) is 0 Å².